The van der Waals surface area contributed by atoms with Gasteiger partial charge < -0.3 is 14.6 Å². The summed E-state index contributed by atoms with van der Waals surface area (Å²) >= 11 is 0. The fourth-order valence-corrected chi connectivity index (χ4v) is 2.35. The molecule has 20 heavy (non-hydrogen) atoms. The monoisotopic (exact) mass is 276 g/mol. The van der Waals surface area contributed by atoms with Gasteiger partial charge >= 0.3 is 0 Å². The fourth-order valence-electron chi connectivity index (χ4n) is 2.35. The normalized spacial score (nSPS) is 19.6. The highest BCUT2D eigenvalue weighted by molar-refractivity contribution is 5.80. The molecule has 1 aromatic heterocycles. The van der Waals surface area contributed by atoms with E-state index >= 15 is 0 Å². The zero-order valence-electron chi connectivity index (χ0n) is 12.1. The lowest BCUT2D eigenvalue weighted by Crippen LogP contribution is -2.49. The molecule has 1 atom stereocenters. The second-order valence-corrected chi connectivity index (χ2v) is 5.27. The van der Waals surface area contributed by atoms with E-state index in [0.29, 0.717) is 25.3 Å². The Labute approximate surface area is 118 Å². The summed E-state index contributed by atoms with van der Waals surface area (Å²) in [6.45, 7) is 4.51. The van der Waals surface area contributed by atoms with Crippen LogP contribution in [0.25, 0.3) is 0 Å². The van der Waals surface area contributed by atoms with Crippen molar-refractivity contribution in [2.24, 2.45) is 0 Å². The van der Waals surface area contributed by atoms with Gasteiger partial charge in [-0.1, -0.05) is 0 Å². The molecule has 0 aromatic carbocycles. The zero-order valence-corrected chi connectivity index (χ0v) is 12.1. The number of hydrogen-bond acceptors (Lipinski definition) is 4. The Balaban J connectivity index is 1.99. The molecule has 0 radical (unpaired) electrons. The number of carbonyl (C=O) groups excluding carboxylic acids is 1. The van der Waals surface area contributed by atoms with Gasteiger partial charge in [0, 0.05) is 45.1 Å². The predicted octanol–water partition coefficient (Wildman–Crippen LogP) is 0.484. The summed E-state index contributed by atoms with van der Waals surface area (Å²) in [5, 5.41) is 8.96. The SMILES string of the molecule is Cc1[nH]c(CN2CCOC(C(=O)N(C)C)C2)cc1C#N. The predicted molar refractivity (Wildman–Crippen MR) is 74.0 cm³/mol. The number of rotatable bonds is 3. The maximum Gasteiger partial charge on any atom is 0.252 e. The standard InChI is InChI=1S/C14H20N4O2/c1-10-11(7-15)6-12(16-10)8-18-4-5-20-13(9-18)14(19)17(2)3/h6,13,16H,4-5,8-9H2,1-3H3. The van der Waals surface area contributed by atoms with Gasteiger partial charge in [0.25, 0.3) is 5.91 Å². The Bertz CT molecular complexity index is 530. The lowest BCUT2D eigenvalue weighted by Gasteiger charge is -2.32. The highest BCUT2D eigenvalue weighted by Gasteiger charge is 2.27. The summed E-state index contributed by atoms with van der Waals surface area (Å²) in [5.74, 6) is -0.00456. The van der Waals surface area contributed by atoms with Crippen LogP contribution in [0.3, 0.4) is 0 Å². The van der Waals surface area contributed by atoms with Crippen molar-refractivity contribution in [3.8, 4) is 6.07 Å². The average molecular weight is 276 g/mol. The van der Waals surface area contributed by atoms with Crippen LogP contribution >= 0.6 is 0 Å². The van der Waals surface area contributed by atoms with Gasteiger partial charge in [0.1, 0.15) is 12.2 Å². The molecule has 2 heterocycles. The van der Waals surface area contributed by atoms with E-state index in [9.17, 15) is 4.79 Å². The van der Waals surface area contributed by atoms with Crippen molar-refractivity contribution < 1.29 is 9.53 Å². The topological polar surface area (TPSA) is 72.4 Å². The van der Waals surface area contributed by atoms with Gasteiger partial charge in [-0.2, -0.15) is 5.26 Å². The average Bonchev–Trinajstić information content (AvgIpc) is 2.78. The molecule has 1 aliphatic heterocycles. The first-order valence-electron chi connectivity index (χ1n) is 6.65. The molecule has 1 saturated heterocycles. The minimum Gasteiger partial charge on any atom is -0.366 e. The van der Waals surface area contributed by atoms with Gasteiger partial charge in [-0.15, -0.1) is 0 Å². The molecule has 0 bridgehead atoms. The first kappa shape index (κ1) is 14.6. The van der Waals surface area contributed by atoms with Crippen molar-refractivity contribution >= 4 is 5.91 Å². The number of nitrogens with zero attached hydrogens (tertiary/aromatic N) is 3. The minimum atomic E-state index is -0.398. The highest BCUT2D eigenvalue weighted by atomic mass is 16.5. The Morgan fingerprint density at radius 3 is 3.00 bits per heavy atom. The Hall–Kier alpha value is -1.84. The smallest absolute Gasteiger partial charge is 0.252 e. The third kappa shape index (κ3) is 3.18. The molecule has 0 aliphatic carbocycles. The Kier molecular flexibility index (Phi) is 4.42. The maximum atomic E-state index is 11.9. The first-order chi connectivity index (χ1) is 9.51. The van der Waals surface area contributed by atoms with E-state index in [-0.39, 0.29) is 5.91 Å². The molecule has 1 aliphatic rings. The van der Waals surface area contributed by atoms with Gasteiger partial charge in [0.05, 0.1) is 12.2 Å². The second kappa shape index (κ2) is 6.07. The molecule has 1 amide bonds. The molecule has 1 fully saturated rings. The van der Waals surface area contributed by atoms with Crippen LogP contribution < -0.4 is 0 Å². The van der Waals surface area contributed by atoms with Crippen molar-refractivity contribution in [2.45, 2.75) is 19.6 Å². The van der Waals surface area contributed by atoms with E-state index in [1.165, 1.54) is 0 Å². The number of aryl methyl sites for hydroxylation is 1. The van der Waals surface area contributed by atoms with Crippen LogP contribution in [-0.4, -0.2) is 60.6 Å². The number of H-pyrrole nitrogens is 1. The van der Waals surface area contributed by atoms with Crippen molar-refractivity contribution in [3.63, 3.8) is 0 Å². The summed E-state index contributed by atoms with van der Waals surface area (Å²) in [7, 11) is 3.47. The van der Waals surface area contributed by atoms with Crippen molar-refractivity contribution in [3.05, 3.63) is 23.0 Å². The van der Waals surface area contributed by atoms with Gasteiger partial charge in [0.15, 0.2) is 0 Å². The number of aromatic nitrogens is 1. The zero-order chi connectivity index (χ0) is 14.7. The summed E-state index contributed by atoms with van der Waals surface area (Å²) < 4.78 is 5.52. The molecule has 1 unspecified atom stereocenters. The van der Waals surface area contributed by atoms with Crippen LogP contribution in [-0.2, 0) is 16.1 Å². The van der Waals surface area contributed by atoms with Crippen LogP contribution in [0.5, 0.6) is 0 Å². The van der Waals surface area contributed by atoms with Crippen molar-refractivity contribution in [1.29, 1.82) is 5.26 Å². The van der Waals surface area contributed by atoms with Gasteiger partial charge in [-0.25, -0.2) is 0 Å². The van der Waals surface area contributed by atoms with Crippen LogP contribution in [0.2, 0.25) is 0 Å². The molecular formula is C14H20N4O2. The molecular weight excluding hydrogens is 256 g/mol. The number of nitriles is 1. The number of ether oxygens (including phenoxy) is 1. The van der Waals surface area contributed by atoms with Crippen LogP contribution in [0, 0.1) is 18.3 Å². The molecule has 1 N–H and O–H groups in total. The third-order valence-electron chi connectivity index (χ3n) is 3.45. The number of hydrogen-bond donors (Lipinski definition) is 1. The number of likely N-dealkylation sites (N-methyl/N-ethyl adjacent to an activating group) is 1. The molecule has 108 valence electrons. The Morgan fingerprint density at radius 1 is 1.65 bits per heavy atom. The van der Waals surface area contributed by atoms with Gasteiger partial charge in [-0.05, 0) is 13.0 Å². The number of nitrogens with one attached hydrogen (secondary N) is 1. The van der Waals surface area contributed by atoms with Crippen LogP contribution in [0.4, 0.5) is 0 Å². The van der Waals surface area contributed by atoms with E-state index in [2.05, 4.69) is 16.0 Å². The second-order valence-electron chi connectivity index (χ2n) is 5.27. The Morgan fingerprint density at radius 2 is 2.40 bits per heavy atom. The summed E-state index contributed by atoms with van der Waals surface area (Å²) in [5.41, 5.74) is 2.56. The quantitative estimate of drug-likeness (QED) is 0.872. The minimum absolute atomic E-state index is 0.00456. The molecule has 6 nitrogen and oxygen atoms in total. The van der Waals surface area contributed by atoms with E-state index < -0.39 is 6.10 Å². The first-order valence-corrected chi connectivity index (χ1v) is 6.65. The van der Waals surface area contributed by atoms with Gasteiger partial charge in [-0.3, -0.25) is 9.69 Å². The van der Waals surface area contributed by atoms with Crippen molar-refractivity contribution in [2.75, 3.05) is 33.8 Å². The molecule has 1 aromatic rings. The van der Waals surface area contributed by atoms with Crippen LogP contribution in [0.1, 0.15) is 17.0 Å². The number of aromatic amines is 1. The molecule has 2 rings (SSSR count). The van der Waals surface area contributed by atoms with Crippen LogP contribution in [0.15, 0.2) is 6.07 Å². The molecule has 0 saturated carbocycles. The fraction of sp³-hybridized carbons (Fsp3) is 0.571. The lowest BCUT2D eigenvalue weighted by molar-refractivity contribution is -0.147. The summed E-state index contributed by atoms with van der Waals surface area (Å²) in [6.07, 6.45) is -0.398. The third-order valence-corrected chi connectivity index (χ3v) is 3.45. The van der Waals surface area contributed by atoms with Crippen molar-refractivity contribution in [1.82, 2.24) is 14.8 Å². The van der Waals surface area contributed by atoms with Gasteiger partial charge in [0.2, 0.25) is 0 Å². The van der Waals surface area contributed by atoms with E-state index in [1.807, 2.05) is 13.0 Å². The number of carbonyl (C=O) groups is 1. The van der Waals surface area contributed by atoms with E-state index in [4.69, 9.17) is 10.00 Å². The number of amides is 1. The van der Waals surface area contributed by atoms with E-state index in [0.717, 1.165) is 17.9 Å². The summed E-state index contributed by atoms with van der Waals surface area (Å²) in [4.78, 5) is 18.9. The maximum absolute atomic E-state index is 11.9. The largest absolute Gasteiger partial charge is 0.366 e. The molecule has 6 heteroatoms. The molecule has 0 spiro atoms. The summed E-state index contributed by atoms with van der Waals surface area (Å²) in [6, 6.07) is 4.03. The highest BCUT2D eigenvalue weighted by Crippen LogP contribution is 2.14. The number of morpholine rings is 1. The van der Waals surface area contributed by atoms with E-state index in [1.54, 1.807) is 19.0 Å². The lowest BCUT2D eigenvalue weighted by atomic mass is 10.2.